The molecule has 1 heterocycles. The van der Waals surface area contributed by atoms with Gasteiger partial charge < -0.3 is 10.2 Å². The highest BCUT2D eigenvalue weighted by Crippen LogP contribution is 2.35. The van der Waals surface area contributed by atoms with Crippen molar-refractivity contribution in [2.45, 2.75) is 31.7 Å². The number of piperidine rings is 1. The van der Waals surface area contributed by atoms with Crippen LogP contribution in [0.2, 0.25) is 0 Å². The molecule has 0 radical (unpaired) electrons. The van der Waals surface area contributed by atoms with Gasteiger partial charge >= 0.3 is 0 Å². The summed E-state index contributed by atoms with van der Waals surface area (Å²) in [4.78, 5) is 14.7. The molecule has 1 unspecified atom stereocenters. The van der Waals surface area contributed by atoms with Crippen LogP contribution in [-0.4, -0.2) is 37.0 Å². The van der Waals surface area contributed by atoms with Crippen LogP contribution in [0.5, 0.6) is 0 Å². The number of carbonyl (C=O) groups excluding carboxylic acids is 1. The normalized spacial score (nSPS) is 30.6. The van der Waals surface area contributed by atoms with Crippen molar-refractivity contribution in [2.75, 3.05) is 20.1 Å². The number of carbonyl (C=O) groups is 1. The summed E-state index contributed by atoms with van der Waals surface area (Å²) >= 11 is 0. The maximum Gasteiger partial charge on any atom is 0.251 e. The maximum atomic E-state index is 12.2. The van der Waals surface area contributed by atoms with Crippen LogP contribution in [0, 0.1) is 11.8 Å². The fourth-order valence-electron chi connectivity index (χ4n) is 3.79. The second-order valence-electron chi connectivity index (χ2n) is 6.42. The number of nitrogens with zero attached hydrogens (tertiary/aromatic N) is 1. The smallest absolute Gasteiger partial charge is 0.251 e. The lowest BCUT2D eigenvalue weighted by atomic mass is 9.73. The molecule has 3 atom stereocenters. The summed E-state index contributed by atoms with van der Waals surface area (Å²) in [6.45, 7) is 2.45. The highest BCUT2D eigenvalue weighted by Gasteiger charge is 2.34. The fourth-order valence-corrected chi connectivity index (χ4v) is 3.79. The topological polar surface area (TPSA) is 32.3 Å². The maximum absolute atomic E-state index is 12.2. The molecule has 20 heavy (non-hydrogen) atoms. The standard InChI is InChI=1S/C17H24N2O/c1-19-10-9-14-11-16(8-7-15(14)12-19)18-17(20)13-5-3-2-4-6-13/h2-6,14-16H,7-12H2,1H3,(H,18,20)/t14-,15-,16?/m0/s1. The third kappa shape index (κ3) is 3.04. The lowest BCUT2D eigenvalue weighted by molar-refractivity contribution is 0.0771. The predicted octanol–water partition coefficient (Wildman–Crippen LogP) is 2.54. The molecule has 108 valence electrons. The fraction of sp³-hybridized carbons (Fsp3) is 0.588. The van der Waals surface area contributed by atoms with Gasteiger partial charge in [0.05, 0.1) is 0 Å². The zero-order valence-corrected chi connectivity index (χ0v) is 12.2. The van der Waals surface area contributed by atoms with Gasteiger partial charge in [0.2, 0.25) is 0 Å². The highest BCUT2D eigenvalue weighted by molar-refractivity contribution is 5.94. The summed E-state index contributed by atoms with van der Waals surface area (Å²) < 4.78 is 0. The van der Waals surface area contributed by atoms with Gasteiger partial charge in [-0.2, -0.15) is 0 Å². The number of hydrogen-bond acceptors (Lipinski definition) is 2. The first-order valence-corrected chi connectivity index (χ1v) is 7.77. The van der Waals surface area contributed by atoms with Crippen LogP contribution in [0.25, 0.3) is 0 Å². The number of amides is 1. The summed E-state index contributed by atoms with van der Waals surface area (Å²) in [5, 5.41) is 3.23. The van der Waals surface area contributed by atoms with Crippen LogP contribution in [0.1, 0.15) is 36.0 Å². The molecule has 1 aromatic carbocycles. The zero-order valence-electron chi connectivity index (χ0n) is 12.2. The van der Waals surface area contributed by atoms with Gasteiger partial charge in [0, 0.05) is 18.2 Å². The molecule has 0 aromatic heterocycles. The van der Waals surface area contributed by atoms with Crippen molar-refractivity contribution in [2.24, 2.45) is 11.8 Å². The minimum atomic E-state index is 0.0852. The van der Waals surface area contributed by atoms with Crippen molar-refractivity contribution in [1.29, 1.82) is 0 Å². The highest BCUT2D eigenvalue weighted by atomic mass is 16.1. The van der Waals surface area contributed by atoms with E-state index in [0.29, 0.717) is 6.04 Å². The van der Waals surface area contributed by atoms with Crippen molar-refractivity contribution >= 4 is 5.91 Å². The van der Waals surface area contributed by atoms with Crippen molar-refractivity contribution in [3.63, 3.8) is 0 Å². The van der Waals surface area contributed by atoms with Crippen LogP contribution >= 0.6 is 0 Å². The first kappa shape index (κ1) is 13.6. The van der Waals surface area contributed by atoms with E-state index in [9.17, 15) is 4.79 Å². The van der Waals surface area contributed by atoms with Gasteiger partial charge in [0.25, 0.3) is 5.91 Å². The van der Waals surface area contributed by atoms with Crippen molar-refractivity contribution < 1.29 is 4.79 Å². The van der Waals surface area contributed by atoms with E-state index in [-0.39, 0.29) is 5.91 Å². The van der Waals surface area contributed by atoms with Crippen LogP contribution in [0.15, 0.2) is 30.3 Å². The molecule has 1 aromatic rings. The summed E-state index contributed by atoms with van der Waals surface area (Å²) in [5.74, 6) is 1.74. The Bertz CT molecular complexity index is 459. The molecule has 1 aliphatic carbocycles. The van der Waals surface area contributed by atoms with Gasteiger partial charge in [-0.25, -0.2) is 0 Å². The Morgan fingerprint density at radius 2 is 1.95 bits per heavy atom. The van der Waals surface area contributed by atoms with Crippen LogP contribution < -0.4 is 5.32 Å². The van der Waals surface area contributed by atoms with Gasteiger partial charge in [0.15, 0.2) is 0 Å². The summed E-state index contributed by atoms with van der Waals surface area (Å²) in [7, 11) is 2.22. The summed E-state index contributed by atoms with van der Waals surface area (Å²) in [5.41, 5.74) is 0.776. The predicted molar refractivity (Wildman–Crippen MR) is 80.6 cm³/mol. The number of nitrogens with one attached hydrogen (secondary N) is 1. The molecule has 3 nitrogen and oxygen atoms in total. The molecule has 3 rings (SSSR count). The Morgan fingerprint density at radius 1 is 1.15 bits per heavy atom. The number of likely N-dealkylation sites (tertiary alicyclic amines) is 1. The molecule has 1 aliphatic heterocycles. The van der Waals surface area contributed by atoms with E-state index in [0.717, 1.165) is 30.2 Å². The first-order valence-electron chi connectivity index (χ1n) is 7.77. The van der Waals surface area contributed by atoms with Crippen molar-refractivity contribution in [3.8, 4) is 0 Å². The lowest BCUT2D eigenvalue weighted by Crippen LogP contribution is -2.46. The molecule has 1 saturated carbocycles. The summed E-state index contributed by atoms with van der Waals surface area (Å²) in [6.07, 6.45) is 4.85. The minimum Gasteiger partial charge on any atom is -0.349 e. The third-order valence-electron chi connectivity index (χ3n) is 4.94. The van der Waals surface area contributed by atoms with E-state index in [1.165, 1.54) is 25.9 Å². The van der Waals surface area contributed by atoms with Gasteiger partial charge in [0.1, 0.15) is 0 Å². The number of hydrogen-bond donors (Lipinski definition) is 1. The second kappa shape index (κ2) is 5.96. The molecule has 1 amide bonds. The van der Waals surface area contributed by atoms with Crippen LogP contribution in [0.3, 0.4) is 0 Å². The van der Waals surface area contributed by atoms with Gasteiger partial charge in [-0.05, 0) is 63.2 Å². The van der Waals surface area contributed by atoms with E-state index >= 15 is 0 Å². The molecular weight excluding hydrogens is 248 g/mol. The number of rotatable bonds is 2. The lowest BCUT2D eigenvalue weighted by Gasteiger charge is -2.42. The molecule has 0 bridgehead atoms. The monoisotopic (exact) mass is 272 g/mol. The Labute approximate surface area is 121 Å². The SMILES string of the molecule is CN1CC[C@H]2CC(NC(=O)c3ccccc3)CC[C@H]2C1. The molecule has 2 fully saturated rings. The van der Waals surface area contributed by atoms with E-state index in [4.69, 9.17) is 0 Å². The Hall–Kier alpha value is -1.35. The molecular formula is C17H24N2O. The molecule has 1 N–H and O–H groups in total. The Morgan fingerprint density at radius 3 is 2.75 bits per heavy atom. The van der Waals surface area contributed by atoms with Crippen LogP contribution in [-0.2, 0) is 0 Å². The van der Waals surface area contributed by atoms with E-state index in [1.807, 2.05) is 30.3 Å². The average molecular weight is 272 g/mol. The van der Waals surface area contributed by atoms with E-state index in [1.54, 1.807) is 0 Å². The molecule has 0 spiro atoms. The molecule has 1 saturated heterocycles. The Balaban J connectivity index is 1.56. The molecule has 2 aliphatic rings. The quantitative estimate of drug-likeness (QED) is 0.897. The van der Waals surface area contributed by atoms with Gasteiger partial charge in [-0.3, -0.25) is 4.79 Å². The van der Waals surface area contributed by atoms with E-state index < -0.39 is 0 Å². The van der Waals surface area contributed by atoms with Crippen molar-refractivity contribution in [1.82, 2.24) is 10.2 Å². The van der Waals surface area contributed by atoms with Crippen LogP contribution in [0.4, 0.5) is 0 Å². The number of benzene rings is 1. The largest absolute Gasteiger partial charge is 0.349 e. The second-order valence-corrected chi connectivity index (χ2v) is 6.42. The van der Waals surface area contributed by atoms with Gasteiger partial charge in [-0.15, -0.1) is 0 Å². The minimum absolute atomic E-state index is 0.0852. The molecule has 3 heteroatoms. The van der Waals surface area contributed by atoms with Crippen molar-refractivity contribution in [3.05, 3.63) is 35.9 Å². The average Bonchev–Trinajstić information content (AvgIpc) is 2.48. The zero-order chi connectivity index (χ0) is 13.9. The van der Waals surface area contributed by atoms with Gasteiger partial charge in [-0.1, -0.05) is 18.2 Å². The third-order valence-corrected chi connectivity index (χ3v) is 4.94. The van der Waals surface area contributed by atoms with E-state index in [2.05, 4.69) is 17.3 Å². The Kier molecular flexibility index (Phi) is 4.06. The first-order chi connectivity index (χ1) is 9.72. The number of fused-ring (bicyclic) bond motifs is 1. The summed E-state index contributed by atoms with van der Waals surface area (Å²) in [6, 6.07) is 9.92.